The number of thioether (sulfide) groups is 1. The minimum Gasteiger partial charge on any atom is -0.493 e. The summed E-state index contributed by atoms with van der Waals surface area (Å²) in [5.41, 5.74) is 3.11. The molecule has 7 nitrogen and oxygen atoms in total. The fourth-order valence-corrected chi connectivity index (χ4v) is 3.64. The number of para-hydroxylation sites is 2. The molecule has 1 aromatic heterocycles. The molecule has 162 valence electrons. The molecule has 1 amide bonds. The first-order valence-corrected chi connectivity index (χ1v) is 10.8. The van der Waals surface area contributed by atoms with Gasteiger partial charge in [-0.05, 0) is 49.2 Å². The van der Waals surface area contributed by atoms with E-state index in [1.165, 1.54) is 17.3 Å². The van der Waals surface area contributed by atoms with Gasteiger partial charge in [0.05, 0.1) is 12.9 Å². The lowest BCUT2D eigenvalue weighted by Gasteiger charge is -2.11. The van der Waals surface area contributed by atoms with E-state index in [9.17, 15) is 4.79 Å². The fourth-order valence-electron chi connectivity index (χ4n) is 2.87. The Labute approximate surface area is 186 Å². The summed E-state index contributed by atoms with van der Waals surface area (Å²) < 4.78 is 13.1. The van der Waals surface area contributed by atoms with Crippen LogP contribution in [0.4, 0.5) is 5.69 Å². The summed E-state index contributed by atoms with van der Waals surface area (Å²) in [6.45, 7) is 8.60. The van der Waals surface area contributed by atoms with E-state index in [1.807, 2.05) is 60.9 Å². The van der Waals surface area contributed by atoms with Gasteiger partial charge in [0.15, 0.2) is 22.5 Å². The van der Waals surface area contributed by atoms with Crippen LogP contribution in [-0.4, -0.2) is 33.5 Å². The van der Waals surface area contributed by atoms with Gasteiger partial charge in [0, 0.05) is 12.2 Å². The third-order valence-corrected chi connectivity index (χ3v) is 5.62. The summed E-state index contributed by atoms with van der Waals surface area (Å²) in [4.78, 5) is 12.4. The SMILES string of the molecule is C=CCn1c(COc2ccccc2OC)nnc1SCC(=O)Nc1ccc(C)c(C)c1. The minimum absolute atomic E-state index is 0.103. The van der Waals surface area contributed by atoms with Crippen LogP contribution in [0, 0.1) is 13.8 Å². The maximum atomic E-state index is 12.4. The predicted octanol–water partition coefficient (Wildman–Crippen LogP) is 4.40. The van der Waals surface area contributed by atoms with Gasteiger partial charge in [-0.1, -0.05) is 36.0 Å². The molecule has 0 unspecified atom stereocenters. The van der Waals surface area contributed by atoms with Crippen molar-refractivity contribution in [1.82, 2.24) is 14.8 Å². The van der Waals surface area contributed by atoms with Crippen molar-refractivity contribution >= 4 is 23.4 Å². The zero-order chi connectivity index (χ0) is 22.2. The molecule has 3 rings (SSSR count). The van der Waals surface area contributed by atoms with Gasteiger partial charge in [-0.3, -0.25) is 9.36 Å². The van der Waals surface area contributed by atoms with Crippen LogP contribution < -0.4 is 14.8 Å². The number of allylic oxidation sites excluding steroid dienone is 1. The summed E-state index contributed by atoms with van der Waals surface area (Å²) in [6.07, 6.45) is 1.76. The van der Waals surface area contributed by atoms with Crippen molar-refractivity contribution in [2.24, 2.45) is 0 Å². The Bertz CT molecular complexity index is 1060. The zero-order valence-corrected chi connectivity index (χ0v) is 18.7. The number of anilines is 1. The summed E-state index contributed by atoms with van der Waals surface area (Å²) >= 11 is 1.32. The van der Waals surface area contributed by atoms with Gasteiger partial charge in [0.1, 0.15) is 6.61 Å². The summed E-state index contributed by atoms with van der Waals surface area (Å²) in [5, 5.41) is 12.0. The molecule has 0 aliphatic heterocycles. The van der Waals surface area contributed by atoms with Crippen LogP contribution in [-0.2, 0) is 17.9 Å². The molecule has 1 heterocycles. The van der Waals surface area contributed by atoms with Gasteiger partial charge in [0.2, 0.25) is 5.91 Å². The van der Waals surface area contributed by atoms with Crippen LogP contribution in [0.1, 0.15) is 17.0 Å². The van der Waals surface area contributed by atoms with Gasteiger partial charge in [-0.15, -0.1) is 16.8 Å². The molecule has 0 atom stereocenters. The number of hydrogen-bond donors (Lipinski definition) is 1. The van der Waals surface area contributed by atoms with E-state index in [-0.39, 0.29) is 18.3 Å². The number of carbonyl (C=O) groups is 1. The third-order valence-electron chi connectivity index (χ3n) is 4.65. The molecular weight excluding hydrogens is 412 g/mol. The number of hydrogen-bond acceptors (Lipinski definition) is 6. The number of rotatable bonds is 10. The first-order chi connectivity index (χ1) is 15.0. The fraction of sp³-hybridized carbons (Fsp3) is 0.261. The van der Waals surface area contributed by atoms with Crippen LogP contribution in [0.2, 0.25) is 0 Å². The van der Waals surface area contributed by atoms with E-state index in [0.29, 0.717) is 29.0 Å². The van der Waals surface area contributed by atoms with Crippen LogP contribution in [0.3, 0.4) is 0 Å². The summed E-state index contributed by atoms with van der Waals surface area (Å²) in [6, 6.07) is 13.3. The first kappa shape index (κ1) is 22.4. The van der Waals surface area contributed by atoms with E-state index in [2.05, 4.69) is 22.1 Å². The number of aryl methyl sites for hydroxylation is 2. The Morgan fingerprint density at radius 3 is 2.65 bits per heavy atom. The van der Waals surface area contributed by atoms with E-state index in [1.54, 1.807) is 13.2 Å². The number of benzene rings is 2. The number of amides is 1. The average Bonchev–Trinajstić information content (AvgIpc) is 3.15. The molecule has 0 radical (unpaired) electrons. The average molecular weight is 439 g/mol. The van der Waals surface area contributed by atoms with Crippen molar-refractivity contribution in [3.63, 3.8) is 0 Å². The quantitative estimate of drug-likeness (QED) is 0.373. The standard InChI is InChI=1S/C23H26N4O3S/c1-5-12-27-21(14-30-20-9-7-6-8-19(20)29-4)25-26-23(27)31-15-22(28)24-18-11-10-16(2)17(3)13-18/h5-11,13H,1,12,14-15H2,2-4H3,(H,24,28). The summed E-state index contributed by atoms with van der Waals surface area (Å²) in [5.74, 6) is 2.03. The highest BCUT2D eigenvalue weighted by atomic mass is 32.2. The van der Waals surface area contributed by atoms with Gasteiger partial charge in [0.25, 0.3) is 0 Å². The molecule has 3 aromatic rings. The van der Waals surface area contributed by atoms with Crippen molar-refractivity contribution in [3.05, 3.63) is 72.1 Å². The Kier molecular flexibility index (Phi) is 7.72. The van der Waals surface area contributed by atoms with Crippen LogP contribution in [0.15, 0.2) is 60.3 Å². The molecular formula is C23H26N4O3S. The molecule has 0 saturated carbocycles. The van der Waals surface area contributed by atoms with Crippen LogP contribution in [0.25, 0.3) is 0 Å². The highest BCUT2D eigenvalue weighted by molar-refractivity contribution is 7.99. The molecule has 0 aliphatic carbocycles. The molecule has 31 heavy (non-hydrogen) atoms. The van der Waals surface area contributed by atoms with E-state index >= 15 is 0 Å². The molecule has 0 spiro atoms. The molecule has 0 saturated heterocycles. The Balaban J connectivity index is 1.63. The lowest BCUT2D eigenvalue weighted by atomic mass is 10.1. The Morgan fingerprint density at radius 1 is 1.16 bits per heavy atom. The van der Waals surface area contributed by atoms with Crippen molar-refractivity contribution in [3.8, 4) is 11.5 Å². The molecule has 0 fully saturated rings. The van der Waals surface area contributed by atoms with E-state index in [4.69, 9.17) is 9.47 Å². The maximum absolute atomic E-state index is 12.4. The number of nitrogens with zero attached hydrogens (tertiary/aromatic N) is 3. The van der Waals surface area contributed by atoms with Crippen molar-refractivity contribution < 1.29 is 14.3 Å². The molecule has 0 aliphatic rings. The number of aromatic nitrogens is 3. The molecule has 8 heteroatoms. The monoisotopic (exact) mass is 438 g/mol. The van der Waals surface area contributed by atoms with E-state index in [0.717, 1.165) is 11.3 Å². The van der Waals surface area contributed by atoms with Crippen LogP contribution >= 0.6 is 11.8 Å². The van der Waals surface area contributed by atoms with Crippen molar-refractivity contribution in [2.45, 2.75) is 32.2 Å². The number of methoxy groups -OCH3 is 1. The Hall–Kier alpha value is -3.26. The maximum Gasteiger partial charge on any atom is 0.234 e. The minimum atomic E-state index is -0.103. The number of nitrogens with one attached hydrogen (secondary N) is 1. The molecule has 2 aromatic carbocycles. The van der Waals surface area contributed by atoms with E-state index < -0.39 is 0 Å². The van der Waals surface area contributed by atoms with Gasteiger partial charge in [-0.25, -0.2) is 0 Å². The first-order valence-electron chi connectivity index (χ1n) is 9.80. The third kappa shape index (κ3) is 5.88. The highest BCUT2D eigenvalue weighted by Crippen LogP contribution is 2.27. The summed E-state index contributed by atoms with van der Waals surface area (Å²) in [7, 11) is 1.60. The second kappa shape index (κ2) is 10.7. The molecule has 0 bridgehead atoms. The smallest absolute Gasteiger partial charge is 0.234 e. The van der Waals surface area contributed by atoms with Gasteiger partial charge in [-0.2, -0.15) is 0 Å². The Morgan fingerprint density at radius 2 is 1.94 bits per heavy atom. The normalized spacial score (nSPS) is 10.5. The molecule has 1 N–H and O–H groups in total. The van der Waals surface area contributed by atoms with Gasteiger partial charge >= 0.3 is 0 Å². The topological polar surface area (TPSA) is 78.3 Å². The number of carbonyl (C=O) groups excluding carboxylic acids is 1. The largest absolute Gasteiger partial charge is 0.493 e. The van der Waals surface area contributed by atoms with Gasteiger partial charge < -0.3 is 14.8 Å². The second-order valence-electron chi connectivity index (χ2n) is 6.87. The van der Waals surface area contributed by atoms with Crippen LogP contribution in [0.5, 0.6) is 11.5 Å². The lowest BCUT2D eigenvalue weighted by molar-refractivity contribution is -0.113. The predicted molar refractivity (Wildman–Crippen MR) is 123 cm³/mol. The van der Waals surface area contributed by atoms with Crippen molar-refractivity contribution in [2.75, 3.05) is 18.2 Å². The highest BCUT2D eigenvalue weighted by Gasteiger charge is 2.15. The zero-order valence-electron chi connectivity index (χ0n) is 17.9. The van der Waals surface area contributed by atoms with Crippen molar-refractivity contribution in [1.29, 1.82) is 0 Å². The lowest BCUT2D eigenvalue weighted by Crippen LogP contribution is -2.15. The second-order valence-corrected chi connectivity index (χ2v) is 7.82. The number of ether oxygens (including phenoxy) is 2.